The molecular weight excluding hydrogens is 480 g/mol. The second kappa shape index (κ2) is 13.4. The molecule has 0 spiro atoms. The summed E-state index contributed by atoms with van der Waals surface area (Å²) in [7, 11) is 4.40. The maximum atomic E-state index is 12.6. The van der Waals surface area contributed by atoms with Gasteiger partial charge in [-0.05, 0) is 61.0 Å². The van der Waals surface area contributed by atoms with Gasteiger partial charge in [0.15, 0.2) is 29.6 Å². The summed E-state index contributed by atoms with van der Waals surface area (Å²) in [5, 5.41) is 3.92. The van der Waals surface area contributed by atoms with E-state index >= 15 is 0 Å². The number of hydrogen-bond acceptors (Lipinski definition) is 9. The lowest BCUT2D eigenvalue weighted by molar-refractivity contribution is -0.123. The highest BCUT2D eigenvalue weighted by Gasteiger charge is 2.18. The van der Waals surface area contributed by atoms with Gasteiger partial charge in [0.2, 0.25) is 5.75 Å². The molecule has 194 valence electrons. The van der Waals surface area contributed by atoms with Crippen molar-refractivity contribution in [2.45, 2.75) is 6.92 Å². The van der Waals surface area contributed by atoms with Crippen LogP contribution >= 0.6 is 0 Å². The molecule has 1 amide bonds. The number of carbonyl (C=O) groups is 2. The number of nitrogens with zero attached hydrogens (tertiary/aromatic N) is 1. The zero-order chi connectivity index (χ0) is 26.6. The number of rotatable bonds is 12. The van der Waals surface area contributed by atoms with Crippen molar-refractivity contribution in [3.63, 3.8) is 0 Å². The maximum Gasteiger partial charge on any atom is 0.343 e. The number of amides is 1. The Hall–Kier alpha value is -4.73. The molecule has 0 aromatic heterocycles. The van der Waals surface area contributed by atoms with E-state index in [2.05, 4.69) is 10.5 Å². The lowest BCUT2D eigenvalue weighted by Gasteiger charge is -2.13. The molecule has 0 fully saturated rings. The van der Waals surface area contributed by atoms with Gasteiger partial charge in [-0.15, -0.1) is 0 Å². The summed E-state index contributed by atoms with van der Waals surface area (Å²) in [5.74, 6) is 1.38. The number of carbonyl (C=O) groups excluding carboxylic acids is 2. The van der Waals surface area contributed by atoms with Crippen LogP contribution in [-0.4, -0.2) is 52.6 Å². The summed E-state index contributed by atoms with van der Waals surface area (Å²) >= 11 is 0. The molecule has 3 aromatic rings. The Balaban J connectivity index is 1.54. The quantitative estimate of drug-likeness (QED) is 0.170. The molecule has 3 aromatic carbocycles. The van der Waals surface area contributed by atoms with Crippen LogP contribution in [0.25, 0.3) is 0 Å². The number of hydrogen-bond donors (Lipinski definition) is 1. The van der Waals surface area contributed by atoms with Crippen molar-refractivity contribution in [3.05, 3.63) is 71.8 Å². The molecule has 0 aliphatic rings. The fraction of sp³-hybridized carbons (Fsp3) is 0.222. The highest BCUT2D eigenvalue weighted by Crippen LogP contribution is 2.38. The smallest absolute Gasteiger partial charge is 0.343 e. The van der Waals surface area contributed by atoms with Crippen LogP contribution in [0.15, 0.2) is 65.8 Å². The van der Waals surface area contributed by atoms with Gasteiger partial charge in [-0.2, -0.15) is 5.10 Å². The summed E-state index contributed by atoms with van der Waals surface area (Å²) < 4.78 is 32.2. The predicted molar refractivity (Wildman–Crippen MR) is 136 cm³/mol. The average molecular weight is 509 g/mol. The van der Waals surface area contributed by atoms with Crippen LogP contribution in [0, 0.1) is 0 Å². The molecule has 0 saturated heterocycles. The normalized spacial score (nSPS) is 10.5. The van der Waals surface area contributed by atoms with Crippen molar-refractivity contribution >= 4 is 18.1 Å². The molecule has 10 nitrogen and oxygen atoms in total. The van der Waals surface area contributed by atoms with Crippen LogP contribution < -0.4 is 33.8 Å². The van der Waals surface area contributed by atoms with E-state index in [4.69, 9.17) is 28.4 Å². The van der Waals surface area contributed by atoms with Gasteiger partial charge in [-0.1, -0.05) is 12.1 Å². The van der Waals surface area contributed by atoms with Crippen LogP contribution in [0.5, 0.6) is 34.5 Å². The molecule has 0 unspecified atom stereocenters. The molecule has 0 atom stereocenters. The van der Waals surface area contributed by atoms with Crippen molar-refractivity contribution in [1.82, 2.24) is 5.43 Å². The molecule has 37 heavy (non-hydrogen) atoms. The van der Waals surface area contributed by atoms with Gasteiger partial charge in [0.25, 0.3) is 5.91 Å². The van der Waals surface area contributed by atoms with Crippen molar-refractivity contribution in [2.75, 3.05) is 34.5 Å². The van der Waals surface area contributed by atoms with Crippen LogP contribution in [-0.2, 0) is 4.79 Å². The molecule has 0 heterocycles. The van der Waals surface area contributed by atoms with Gasteiger partial charge in [0, 0.05) is 0 Å². The van der Waals surface area contributed by atoms with E-state index in [9.17, 15) is 9.59 Å². The first-order valence-electron chi connectivity index (χ1n) is 11.3. The lowest BCUT2D eigenvalue weighted by atomic mass is 10.2. The Morgan fingerprint density at radius 2 is 1.46 bits per heavy atom. The van der Waals surface area contributed by atoms with Crippen LogP contribution in [0.4, 0.5) is 0 Å². The molecule has 3 rings (SSSR count). The van der Waals surface area contributed by atoms with E-state index in [0.717, 1.165) is 0 Å². The van der Waals surface area contributed by atoms with Crippen molar-refractivity contribution in [1.29, 1.82) is 0 Å². The minimum atomic E-state index is -0.598. The van der Waals surface area contributed by atoms with Gasteiger partial charge in [0.1, 0.15) is 5.75 Å². The molecule has 0 saturated carbocycles. The highest BCUT2D eigenvalue weighted by molar-refractivity contribution is 5.93. The molecule has 0 aliphatic heterocycles. The summed E-state index contributed by atoms with van der Waals surface area (Å²) in [6, 6.07) is 16.7. The monoisotopic (exact) mass is 508 g/mol. The first kappa shape index (κ1) is 26.9. The third-order valence-electron chi connectivity index (χ3n) is 4.90. The molecule has 0 radical (unpaired) electrons. The van der Waals surface area contributed by atoms with E-state index in [0.29, 0.717) is 46.7 Å². The second-order valence-electron chi connectivity index (χ2n) is 7.33. The Morgan fingerprint density at radius 1 is 0.838 bits per heavy atom. The highest BCUT2D eigenvalue weighted by atomic mass is 16.5. The van der Waals surface area contributed by atoms with Crippen molar-refractivity contribution in [3.8, 4) is 34.5 Å². The summed E-state index contributed by atoms with van der Waals surface area (Å²) in [5.41, 5.74) is 3.30. The minimum Gasteiger partial charge on any atom is -0.493 e. The fourth-order valence-electron chi connectivity index (χ4n) is 3.19. The number of para-hydroxylation sites is 2. The van der Waals surface area contributed by atoms with Crippen LogP contribution in [0.1, 0.15) is 22.8 Å². The number of ether oxygens (including phenoxy) is 6. The fourth-order valence-corrected chi connectivity index (χ4v) is 3.19. The number of nitrogens with one attached hydrogen (secondary N) is 1. The second-order valence-corrected chi connectivity index (χ2v) is 7.33. The van der Waals surface area contributed by atoms with E-state index in [1.807, 2.05) is 13.0 Å². The van der Waals surface area contributed by atoms with Gasteiger partial charge >= 0.3 is 5.97 Å². The van der Waals surface area contributed by atoms with Gasteiger partial charge in [0.05, 0.1) is 39.7 Å². The van der Waals surface area contributed by atoms with E-state index in [1.165, 1.54) is 39.7 Å². The van der Waals surface area contributed by atoms with E-state index in [-0.39, 0.29) is 12.2 Å². The predicted octanol–water partition coefficient (Wildman–Crippen LogP) is 3.86. The third kappa shape index (κ3) is 7.38. The molecule has 0 aliphatic carbocycles. The minimum absolute atomic E-state index is 0.225. The van der Waals surface area contributed by atoms with Crippen LogP contribution in [0.3, 0.4) is 0 Å². The number of esters is 1. The number of benzene rings is 3. The van der Waals surface area contributed by atoms with Gasteiger partial charge in [-0.3, -0.25) is 4.79 Å². The lowest BCUT2D eigenvalue weighted by Crippen LogP contribution is -2.24. The van der Waals surface area contributed by atoms with Crippen molar-refractivity contribution < 1.29 is 38.0 Å². The van der Waals surface area contributed by atoms with E-state index < -0.39 is 11.9 Å². The Morgan fingerprint density at radius 3 is 2.03 bits per heavy atom. The number of methoxy groups -OCH3 is 3. The molecular formula is C27H28N2O8. The Bertz CT molecular complexity index is 1220. The topological polar surface area (TPSA) is 114 Å². The maximum absolute atomic E-state index is 12.6. The SMILES string of the molecule is CCOc1ccccc1OCC(=O)N/N=C/c1ccc(OC(=O)c2cc(OC)c(OC)c(OC)c2)cc1. The molecule has 10 heteroatoms. The zero-order valence-corrected chi connectivity index (χ0v) is 21.0. The standard InChI is InChI=1S/C27H28N2O8/c1-5-35-21-8-6-7-9-22(21)36-17-25(30)29-28-16-18-10-12-20(13-11-18)37-27(31)19-14-23(32-2)26(34-4)24(15-19)33-3/h6-16H,5,17H2,1-4H3,(H,29,30)/b28-16+. The molecule has 0 bridgehead atoms. The zero-order valence-electron chi connectivity index (χ0n) is 21.0. The molecule has 1 N–H and O–H groups in total. The summed E-state index contributed by atoms with van der Waals surface area (Å²) in [6.45, 7) is 2.13. The largest absolute Gasteiger partial charge is 0.493 e. The van der Waals surface area contributed by atoms with Gasteiger partial charge < -0.3 is 28.4 Å². The average Bonchev–Trinajstić information content (AvgIpc) is 2.92. The third-order valence-corrected chi connectivity index (χ3v) is 4.90. The number of hydrazone groups is 1. The Kier molecular flexibility index (Phi) is 9.72. The summed E-state index contributed by atoms with van der Waals surface area (Å²) in [4.78, 5) is 24.7. The summed E-state index contributed by atoms with van der Waals surface area (Å²) in [6.07, 6.45) is 1.46. The first-order valence-corrected chi connectivity index (χ1v) is 11.3. The van der Waals surface area contributed by atoms with E-state index in [1.54, 1.807) is 42.5 Å². The Labute approximate surface area is 214 Å². The van der Waals surface area contributed by atoms with Crippen LogP contribution in [0.2, 0.25) is 0 Å². The van der Waals surface area contributed by atoms with Crippen molar-refractivity contribution in [2.24, 2.45) is 5.10 Å². The van der Waals surface area contributed by atoms with Gasteiger partial charge in [-0.25, -0.2) is 10.2 Å². The first-order chi connectivity index (χ1) is 18.0.